The molecule has 1 aliphatic heterocycles. The van der Waals surface area contributed by atoms with Crippen LogP contribution in [0.4, 0.5) is 0 Å². The van der Waals surface area contributed by atoms with E-state index >= 15 is 0 Å². The number of fused-ring (bicyclic) bond motifs is 1. The van der Waals surface area contributed by atoms with Crippen molar-refractivity contribution in [2.75, 3.05) is 19.7 Å². The summed E-state index contributed by atoms with van der Waals surface area (Å²) in [5.41, 5.74) is 7.96. The summed E-state index contributed by atoms with van der Waals surface area (Å²) in [5.74, 6) is -0.355. The molecule has 6 atom stereocenters. The monoisotopic (exact) mass is 832 g/mol. The maximum atomic E-state index is 14.2. The molecule has 1 saturated carbocycles. The van der Waals surface area contributed by atoms with E-state index in [-0.39, 0.29) is 48.4 Å². The Bertz CT molecular complexity index is 2430. The van der Waals surface area contributed by atoms with E-state index in [0.717, 1.165) is 64.1 Å². The minimum absolute atomic E-state index is 0.0531. The lowest BCUT2D eigenvalue weighted by atomic mass is 9.83. The lowest BCUT2D eigenvalue weighted by Gasteiger charge is -2.29. The lowest BCUT2D eigenvalue weighted by Crippen LogP contribution is -2.48. The van der Waals surface area contributed by atoms with Crippen LogP contribution in [0.2, 0.25) is 0 Å². The van der Waals surface area contributed by atoms with Crippen molar-refractivity contribution in [3.05, 3.63) is 95.0 Å². The number of likely N-dealkylation sites (tertiary alicyclic amines) is 1. The number of aromatic hydroxyl groups is 1. The molecule has 314 valence electrons. The number of nitrogens with one attached hydrogen (secondary N) is 3. The summed E-state index contributed by atoms with van der Waals surface area (Å²) < 4.78 is 11.7. The van der Waals surface area contributed by atoms with Crippen LogP contribution in [-0.4, -0.2) is 90.1 Å². The maximum absolute atomic E-state index is 14.2. The summed E-state index contributed by atoms with van der Waals surface area (Å²) in [6.45, 7) is 8.75. The largest absolute Gasteiger partial charge is 0.507 e. The van der Waals surface area contributed by atoms with Gasteiger partial charge in [0.2, 0.25) is 11.8 Å². The number of β-amino-alcohol motifs (C(OH)–C–C–N with tert-alkyl or cyclic N) is 1. The Hall–Kier alpha value is -5.64. The fraction of sp³-hybridized carbons (Fsp3) is 0.422. The number of H-pyrrole nitrogens is 1. The van der Waals surface area contributed by atoms with E-state index in [4.69, 9.17) is 9.26 Å². The molecule has 5 N–H and O–H groups in total. The number of amides is 2. The number of carbonyl (C=O) groups is 2. The van der Waals surface area contributed by atoms with Gasteiger partial charge in [0.25, 0.3) is 5.88 Å². The van der Waals surface area contributed by atoms with Gasteiger partial charge < -0.3 is 40.0 Å². The summed E-state index contributed by atoms with van der Waals surface area (Å²) in [6, 6.07) is 20.1. The third-order valence-electron chi connectivity index (χ3n) is 11.9. The Morgan fingerprint density at radius 3 is 2.63 bits per heavy atom. The number of aliphatic hydroxyl groups is 1. The van der Waals surface area contributed by atoms with Gasteiger partial charge in [0, 0.05) is 54.2 Å². The van der Waals surface area contributed by atoms with E-state index in [1.807, 2.05) is 75.7 Å². The average molecular weight is 833 g/mol. The van der Waals surface area contributed by atoms with Crippen LogP contribution in [0.25, 0.3) is 32.7 Å². The van der Waals surface area contributed by atoms with E-state index in [2.05, 4.69) is 42.0 Å². The highest BCUT2D eigenvalue weighted by molar-refractivity contribution is 7.13. The fourth-order valence-electron chi connectivity index (χ4n) is 8.67. The van der Waals surface area contributed by atoms with Gasteiger partial charge in [0.1, 0.15) is 24.3 Å². The predicted molar refractivity (Wildman–Crippen MR) is 229 cm³/mol. The van der Waals surface area contributed by atoms with E-state index < -0.39 is 18.1 Å². The maximum Gasteiger partial charge on any atom is 0.254 e. The molecule has 15 heteroatoms. The van der Waals surface area contributed by atoms with Crippen LogP contribution in [-0.2, 0) is 9.59 Å². The van der Waals surface area contributed by atoms with Gasteiger partial charge in [0.15, 0.2) is 11.4 Å². The molecule has 2 amide bonds. The van der Waals surface area contributed by atoms with Crippen molar-refractivity contribution in [1.82, 2.24) is 40.9 Å². The number of phenolic OH excluding ortho intramolecular Hbond substituents is 1. The number of aromatic amines is 1. The van der Waals surface area contributed by atoms with Crippen molar-refractivity contribution in [2.45, 2.75) is 95.9 Å². The number of aryl methyl sites for hydroxylation is 1. The molecule has 1 aliphatic carbocycles. The number of phenols is 1. The lowest BCUT2D eigenvalue weighted by molar-refractivity contribution is -0.141. The van der Waals surface area contributed by atoms with E-state index in [1.54, 1.807) is 29.5 Å². The molecule has 0 spiro atoms. The van der Waals surface area contributed by atoms with Crippen molar-refractivity contribution in [3.8, 4) is 33.3 Å². The fourth-order valence-corrected chi connectivity index (χ4v) is 9.49. The molecule has 2 aliphatic rings. The molecule has 8 rings (SSSR count). The first-order chi connectivity index (χ1) is 29.0. The number of ether oxygens (including phenoxy) is 1. The summed E-state index contributed by atoms with van der Waals surface area (Å²) in [4.78, 5) is 38.3. The molecule has 5 heterocycles. The SMILES string of the molecule is Cc1ncsc1-c1ccc([C@H](C)NC(=O)[C@@H]2C[C@@H](O)CN2C(=O)[C@@H](c2cc(OCCNC3CCC[C@@H](c4cc5cc(-c6ccccc6O)nnc5[nH]4)C3)no2)C(C)C)cc1. The molecule has 1 saturated heterocycles. The van der Waals surface area contributed by atoms with Gasteiger partial charge in [-0.3, -0.25) is 9.59 Å². The molecular formula is C45H52N8O6S. The molecule has 4 aromatic heterocycles. The Morgan fingerprint density at radius 1 is 1.05 bits per heavy atom. The second-order valence-electron chi connectivity index (χ2n) is 16.4. The Kier molecular flexibility index (Phi) is 12.3. The van der Waals surface area contributed by atoms with Gasteiger partial charge in [0.05, 0.1) is 33.9 Å². The number of para-hydroxylation sites is 1. The summed E-state index contributed by atoms with van der Waals surface area (Å²) >= 11 is 1.59. The number of rotatable bonds is 14. The Balaban J connectivity index is 0.836. The number of aromatic nitrogens is 5. The van der Waals surface area contributed by atoms with Crippen molar-refractivity contribution < 1.29 is 29.1 Å². The minimum Gasteiger partial charge on any atom is -0.507 e. The highest BCUT2D eigenvalue weighted by atomic mass is 32.1. The zero-order chi connectivity index (χ0) is 41.9. The van der Waals surface area contributed by atoms with Crippen LogP contribution < -0.4 is 15.4 Å². The van der Waals surface area contributed by atoms with Crippen LogP contribution >= 0.6 is 11.3 Å². The zero-order valence-electron chi connectivity index (χ0n) is 34.3. The molecule has 0 radical (unpaired) electrons. The normalized spacial score (nSPS) is 20.4. The minimum atomic E-state index is -0.827. The van der Waals surface area contributed by atoms with Crippen molar-refractivity contribution in [1.29, 1.82) is 0 Å². The smallest absolute Gasteiger partial charge is 0.254 e. The van der Waals surface area contributed by atoms with Crippen LogP contribution in [0, 0.1) is 12.8 Å². The van der Waals surface area contributed by atoms with Gasteiger partial charge in [-0.05, 0) is 79.6 Å². The van der Waals surface area contributed by atoms with Crippen molar-refractivity contribution in [2.24, 2.45) is 5.92 Å². The van der Waals surface area contributed by atoms with Gasteiger partial charge >= 0.3 is 0 Å². The van der Waals surface area contributed by atoms with E-state index in [0.29, 0.717) is 42.1 Å². The average Bonchev–Trinajstić information content (AvgIpc) is 4.07. The molecular weight excluding hydrogens is 781 g/mol. The molecule has 6 aromatic rings. The summed E-state index contributed by atoms with van der Waals surface area (Å²) in [5, 5.41) is 41.5. The number of aliphatic hydroxyl groups excluding tert-OH is 1. The molecule has 0 bridgehead atoms. The number of carbonyl (C=O) groups excluding carboxylic acids is 2. The van der Waals surface area contributed by atoms with Crippen molar-refractivity contribution >= 4 is 34.2 Å². The number of hydrogen-bond acceptors (Lipinski definition) is 12. The molecule has 14 nitrogen and oxygen atoms in total. The van der Waals surface area contributed by atoms with Gasteiger partial charge in [-0.15, -0.1) is 21.5 Å². The second-order valence-corrected chi connectivity index (χ2v) is 17.3. The quantitative estimate of drug-likeness (QED) is 0.0709. The summed E-state index contributed by atoms with van der Waals surface area (Å²) in [7, 11) is 0. The number of nitrogens with zero attached hydrogens (tertiary/aromatic N) is 5. The summed E-state index contributed by atoms with van der Waals surface area (Å²) in [6.07, 6.45) is 3.51. The molecule has 2 fully saturated rings. The molecule has 60 heavy (non-hydrogen) atoms. The number of benzene rings is 2. The van der Waals surface area contributed by atoms with Gasteiger partial charge in [-0.25, -0.2) is 4.98 Å². The van der Waals surface area contributed by atoms with Crippen LogP contribution in [0.1, 0.15) is 93.5 Å². The van der Waals surface area contributed by atoms with Gasteiger partial charge in [-0.2, -0.15) is 0 Å². The third-order valence-corrected chi connectivity index (χ3v) is 12.8. The zero-order valence-corrected chi connectivity index (χ0v) is 35.1. The van der Waals surface area contributed by atoms with Crippen LogP contribution in [0.15, 0.2) is 76.8 Å². The highest BCUT2D eigenvalue weighted by Gasteiger charge is 2.43. The Morgan fingerprint density at radius 2 is 1.87 bits per heavy atom. The number of hydrogen-bond donors (Lipinski definition) is 5. The van der Waals surface area contributed by atoms with E-state index in [9.17, 15) is 19.8 Å². The van der Waals surface area contributed by atoms with Gasteiger partial charge in [-0.1, -0.05) is 56.7 Å². The predicted octanol–water partition coefficient (Wildman–Crippen LogP) is 7.02. The molecule has 1 unspecified atom stereocenters. The second kappa shape index (κ2) is 17.9. The Labute approximate surface area is 352 Å². The van der Waals surface area contributed by atoms with Crippen LogP contribution in [0.3, 0.4) is 0 Å². The third kappa shape index (κ3) is 8.93. The standard InChI is InChI=1S/C45H52N8O6S/c1-25(2)41(45(57)53-23-33(54)21-37(53)44(56)48-26(3)28-12-14-29(15-13-28)42-27(4)47-24-60-42)39-22-40(52-59-39)58-17-16-46-32-9-7-8-30(18-32)35-19-31-20-36(50-51-43(31)49-35)34-10-5-6-11-38(34)55/h5-6,10-15,19-20,22,24-26,30,32-33,37,41,46,54-55H,7-9,16-18,21,23H2,1-4H3,(H,48,56)(H,49,51)/t26-,30+,32?,33+,37-,41+/m0/s1. The van der Waals surface area contributed by atoms with Crippen LogP contribution in [0.5, 0.6) is 11.6 Å². The first-order valence-corrected chi connectivity index (χ1v) is 21.7. The van der Waals surface area contributed by atoms with Crippen molar-refractivity contribution in [3.63, 3.8) is 0 Å². The number of thiazole rings is 1. The first kappa shape index (κ1) is 41.1. The van der Waals surface area contributed by atoms with E-state index in [1.165, 1.54) is 4.90 Å². The topological polar surface area (TPSA) is 192 Å². The highest BCUT2D eigenvalue weighted by Crippen LogP contribution is 2.36. The molecule has 2 aromatic carbocycles. The first-order valence-electron chi connectivity index (χ1n) is 20.8.